The van der Waals surface area contributed by atoms with Gasteiger partial charge in [-0.15, -0.1) is 0 Å². The normalized spacial score (nSPS) is 14.9. The molecule has 0 saturated carbocycles. The van der Waals surface area contributed by atoms with E-state index in [9.17, 15) is 5.48 Å². The molecule has 3 aromatic heterocycles. The van der Waals surface area contributed by atoms with Crippen molar-refractivity contribution in [2.24, 2.45) is 0 Å². The van der Waals surface area contributed by atoms with Crippen molar-refractivity contribution in [2.75, 3.05) is 0 Å². The number of para-hydroxylation sites is 3. The van der Waals surface area contributed by atoms with E-state index in [0.717, 1.165) is 27.6 Å². The summed E-state index contributed by atoms with van der Waals surface area (Å²) in [4.78, 5) is 5.11. The van der Waals surface area contributed by atoms with Crippen LogP contribution >= 0.6 is 0 Å². The van der Waals surface area contributed by atoms with E-state index in [-0.39, 0.29) is 39.8 Å². The van der Waals surface area contributed by atoms with Crippen molar-refractivity contribution >= 4 is 32.8 Å². The van der Waals surface area contributed by atoms with E-state index in [1.165, 1.54) is 22.3 Å². The van der Waals surface area contributed by atoms with Gasteiger partial charge in [0.15, 0.2) is 0 Å². The Bertz CT molecular complexity index is 4140. The number of pyridine rings is 1. The van der Waals surface area contributed by atoms with Crippen LogP contribution in [0.5, 0.6) is 11.5 Å². The summed E-state index contributed by atoms with van der Waals surface area (Å²) in [6.07, 6.45) is 5.45. The average molecular weight is 803 g/mol. The first-order valence-corrected chi connectivity index (χ1v) is 20.6. The molecule has 2 aliphatic rings. The van der Waals surface area contributed by atoms with Crippen molar-refractivity contribution < 1.29 is 20.3 Å². The molecule has 0 fully saturated rings. The van der Waals surface area contributed by atoms with Crippen molar-refractivity contribution in [1.29, 1.82) is 0 Å². The van der Waals surface area contributed by atoms with Crippen LogP contribution in [0, 0.1) is 6.33 Å². The van der Waals surface area contributed by atoms with Crippen molar-refractivity contribution in [3.63, 3.8) is 0 Å². The first kappa shape index (κ1) is 27.7. The predicted octanol–water partition coefficient (Wildman–Crippen LogP) is 13.6. The SMILES string of the molecule is [2H]c1c([2H])c([2H])c2c(c1[2H])-c1ccccc1-[n+]1[c-]n(-c3cccc(Oc4ccc5c6ccccc6n(-c6nccc7c6C(C)(C)c6ccccc6-7)c5c4)c3)c3cccc(c31)-c1c([2H])c([2H])c([2H])c([2H])c1-2. The summed E-state index contributed by atoms with van der Waals surface area (Å²) in [5.41, 5.74) is 10.0. The van der Waals surface area contributed by atoms with Gasteiger partial charge in [-0.25, -0.2) is 4.98 Å². The lowest BCUT2D eigenvalue weighted by Gasteiger charge is -2.24. The zero-order valence-corrected chi connectivity index (χ0v) is 33.6. The molecule has 13 rings (SSSR count). The van der Waals surface area contributed by atoms with Crippen LogP contribution in [0.15, 0.2) is 194 Å². The molecular weight excluding hydrogens is 757 g/mol. The van der Waals surface area contributed by atoms with E-state index in [4.69, 9.17) is 15.2 Å². The van der Waals surface area contributed by atoms with Gasteiger partial charge in [0.05, 0.1) is 44.4 Å². The number of hydrogen-bond donors (Lipinski definition) is 0. The van der Waals surface area contributed by atoms with Crippen LogP contribution in [0.25, 0.3) is 94.5 Å². The second-order valence-corrected chi connectivity index (χ2v) is 16.3. The number of nitrogens with zero attached hydrogens (tertiary/aromatic N) is 4. The van der Waals surface area contributed by atoms with E-state index >= 15 is 0 Å². The summed E-state index contributed by atoms with van der Waals surface area (Å²) in [6.45, 7) is 4.53. The van der Waals surface area contributed by atoms with Gasteiger partial charge in [0, 0.05) is 34.0 Å². The zero-order chi connectivity index (χ0) is 48.1. The Balaban J connectivity index is 0.991. The summed E-state index contributed by atoms with van der Waals surface area (Å²) in [7, 11) is 0. The zero-order valence-electron chi connectivity index (χ0n) is 41.6. The Morgan fingerprint density at radius 1 is 0.565 bits per heavy atom. The standard InChI is InChI=1S/C57H38N4O/c1-57(2)49-25-10-7-21-43(49)47-31-32-58-56(54(47)57)61-51-27-12-9-23-45(51)46-30-29-38(34-53(46)61)62-37-16-13-15-36(33-37)59-35-60-50-26-11-8-22-44(50)41-19-5-3-17-39(41)40-18-4-6-20-42(40)48-24-14-28-52(59)55(48)60/h3-34H,1-2H3/i3D,4D,5D,6D,17D,18D,19D,20D. The number of fused-ring (bicyclic) bond motifs is 13. The smallest absolute Gasteiger partial charge is 0.269 e. The summed E-state index contributed by atoms with van der Waals surface area (Å²) >= 11 is 0. The first-order valence-electron chi connectivity index (χ1n) is 24.6. The van der Waals surface area contributed by atoms with Gasteiger partial charge in [0.2, 0.25) is 0 Å². The molecule has 4 heterocycles. The molecule has 0 radical (unpaired) electrons. The van der Waals surface area contributed by atoms with E-state index in [1.54, 1.807) is 18.2 Å². The van der Waals surface area contributed by atoms with Crippen molar-refractivity contribution in [3.05, 3.63) is 212 Å². The maximum absolute atomic E-state index is 9.37. The first-order chi connectivity index (χ1) is 33.8. The third kappa shape index (κ3) is 4.90. The third-order valence-electron chi connectivity index (χ3n) is 12.6. The third-order valence-corrected chi connectivity index (χ3v) is 12.6. The van der Waals surface area contributed by atoms with E-state index in [0.29, 0.717) is 45.0 Å². The maximum Gasteiger partial charge on any atom is 0.269 e. The maximum atomic E-state index is 9.37. The predicted molar refractivity (Wildman–Crippen MR) is 250 cm³/mol. The Morgan fingerprint density at radius 2 is 1.21 bits per heavy atom. The fourth-order valence-electron chi connectivity index (χ4n) is 9.93. The van der Waals surface area contributed by atoms with E-state index in [1.807, 2.05) is 69.9 Å². The van der Waals surface area contributed by atoms with Crippen LogP contribution in [-0.4, -0.2) is 14.1 Å². The van der Waals surface area contributed by atoms with Crippen LogP contribution in [0.1, 0.15) is 35.9 Å². The number of hydrogen-bond acceptors (Lipinski definition) is 2. The van der Waals surface area contributed by atoms with Gasteiger partial charge in [0.1, 0.15) is 17.3 Å². The van der Waals surface area contributed by atoms with Gasteiger partial charge in [-0.1, -0.05) is 147 Å². The highest BCUT2D eigenvalue weighted by Crippen LogP contribution is 2.51. The molecule has 0 saturated heterocycles. The highest BCUT2D eigenvalue weighted by Gasteiger charge is 2.39. The van der Waals surface area contributed by atoms with Crippen LogP contribution in [-0.2, 0) is 5.41 Å². The van der Waals surface area contributed by atoms with Crippen LogP contribution in [0.4, 0.5) is 0 Å². The van der Waals surface area contributed by atoms with Gasteiger partial charge < -0.3 is 4.74 Å². The molecule has 0 N–H and O–H groups in total. The van der Waals surface area contributed by atoms with Gasteiger partial charge in [-0.2, -0.15) is 0 Å². The molecule has 11 aromatic rings. The number of imidazole rings is 1. The minimum Gasteiger partial charge on any atom is -0.458 e. The highest BCUT2D eigenvalue weighted by atomic mass is 16.5. The number of rotatable bonds is 4. The van der Waals surface area contributed by atoms with Crippen molar-refractivity contribution in [1.82, 2.24) is 14.1 Å². The molecule has 1 aliphatic carbocycles. The molecule has 62 heavy (non-hydrogen) atoms. The lowest BCUT2D eigenvalue weighted by Crippen LogP contribution is -2.30. The molecule has 5 heteroatoms. The minimum atomic E-state index is -0.508. The van der Waals surface area contributed by atoms with Gasteiger partial charge in [0.25, 0.3) is 6.33 Å². The molecule has 1 aliphatic heterocycles. The molecule has 5 nitrogen and oxygen atoms in total. The lowest BCUT2D eigenvalue weighted by molar-refractivity contribution is -0.571. The Labute approximate surface area is 370 Å². The van der Waals surface area contributed by atoms with Crippen LogP contribution in [0.2, 0.25) is 0 Å². The van der Waals surface area contributed by atoms with Crippen molar-refractivity contribution in [2.45, 2.75) is 19.3 Å². The minimum absolute atomic E-state index is 0.00200. The topological polar surface area (TPSA) is 35.9 Å². The molecule has 292 valence electrons. The molecule has 0 spiro atoms. The average Bonchev–Trinajstić information content (AvgIpc) is 4.01. The highest BCUT2D eigenvalue weighted by molar-refractivity contribution is 6.10. The second kappa shape index (κ2) is 13.0. The number of ether oxygens (including phenoxy) is 1. The summed E-state index contributed by atoms with van der Waals surface area (Å²) in [5, 5.41) is 2.17. The summed E-state index contributed by atoms with van der Waals surface area (Å²) in [5.74, 6) is 2.04. The largest absolute Gasteiger partial charge is 0.458 e. The number of aromatic nitrogens is 4. The Hall–Kier alpha value is -8.02. The fourth-order valence-corrected chi connectivity index (χ4v) is 9.93. The molecule has 0 atom stereocenters. The van der Waals surface area contributed by atoms with Crippen molar-refractivity contribution in [3.8, 4) is 73.2 Å². The Morgan fingerprint density at radius 3 is 2.05 bits per heavy atom. The summed E-state index contributed by atoms with van der Waals surface area (Å²) in [6, 6.07) is 42.2. The second-order valence-electron chi connectivity index (χ2n) is 16.3. The Kier molecular flexibility index (Phi) is 5.80. The fraction of sp³-hybridized carbons (Fsp3) is 0.0526. The lowest BCUT2D eigenvalue weighted by atomic mass is 9.82. The quantitative estimate of drug-likeness (QED) is 0.131. The molecule has 0 unspecified atom stereocenters. The van der Waals surface area contributed by atoms with E-state index < -0.39 is 36.3 Å². The van der Waals surface area contributed by atoms with Gasteiger partial charge in [-0.05, 0) is 98.6 Å². The summed E-state index contributed by atoms with van der Waals surface area (Å²) < 4.78 is 85.0. The van der Waals surface area contributed by atoms with Gasteiger partial charge >= 0.3 is 0 Å². The monoisotopic (exact) mass is 802 g/mol. The molecular formula is C57H38N4O. The molecule has 8 aromatic carbocycles. The van der Waals surface area contributed by atoms with E-state index in [2.05, 4.69) is 91.5 Å². The van der Waals surface area contributed by atoms with Crippen LogP contribution < -0.4 is 9.30 Å². The molecule has 0 amide bonds. The molecule has 0 bridgehead atoms. The number of benzene rings is 8. The van der Waals surface area contributed by atoms with Gasteiger partial charge in [-0.3, -0.25) is 13.7 Å². The van der Waals surface area contributed by atoms with Crippen LogP contribution in [0.3, 0.4) is 0 Å².